The Morgan fingerprint density at radius 2 is 1.69 bits per heavy atom. The van der Waals surface area contributed by atoms with E-state index in [4.69, 9.17) is 10.9 Å². The Morgan fingerprint density at radius 3 is 1.94 bits per heavy atom. The predicted molar refractivity (Wildman–Crippen MR) is 66.5 cm³/mol. The third kappa shape index (κ3) is 4.43. The minimum Gasteiger partial charge on any atom is -0.399 e. The highest BCUT2D eigenvalue weighted by Crippen LogP contribution is 2.09. The largest absolute Gasteiger partial charge is 0.399 e. The Morgan fingerprint density at radius 1 is 1.06 bits per heavy atom. The van der Waals surface area contributed by atoms with Crippen LogP contribution in [0.4, 0.5) is 5.69 Å². The van der Waals surface area contributed by atoms with E-state index in [0.717, 1.165) is 5.69 Å². The first-order valence-corrected chi connectivity index (χ1v) is 6.84. The van der Waals surface area contributed by atoms with Gasteiger partial charge in [-0.05, 0) is 23.6 Å². The number of primary sulfonamides is 1. The van der Waals surface area contributed by atoms with Gasteiger partial charge in [0.2, 0.25) is 10.0 Å². The lowest BCUT2D eigenvalue weighted by molar-refractivity contribution is 0.598. The monoisotopic (exact) mass is 256 g/mol. The lowest BCUT2D eigenvalue weighted by Crippen LogP contribution is -2.10. The fourth-order valence-electron chi connectivity index (χ4n) is 0.867. The number of rotatable bonds is 1. The minimum absolute atomic E-state index is 0.188. The molecule has 0 spiro atoms. The molecule has 0 unspecified atom stereocenters. The van der Waals surface area contributed by atoms with Crippen LogP contribution in [0.5, 0.6) is 0 Å². The Balaban J connectivity index is 0.000000165. The van der Waals surface area contributed by atoms with Gasteiger partial charge >= 0.3 is 0 Å². The van der Waals surface area contributed by atoms with Crippen molar-refractivity contribution in [3.8, 4) is 0 Å². The molecule has 0 aliphatic carbocycles. The molecule has 0 bridgehead atoms. The van der Waals surface area contributed by atoms with Crippen LogP contribution in [0.15, 0.2) is 52.1 Å². The highest BCUT2D eigenvalue weighted by Gasteiger charge is 2.05. The molecule has 0 fully saturated rings. The number of nitrogens with two attached hydrogens (primary N) is 2. The highest BCUT2D eigenvalue weighted by atomic mass is 32.2. The molecule has 0 saturated carbocycles. The molecule has 2 rings (SSSR count). The van der Waals surface area contributed by atoms with Crippen LogP contribution in [0, 0.1) is 0 Å². The zero-order valence-electron chi connectivity index (χ0n) is 8.41. The number of thiophene rings is 1. The smallest absolute Gasteiger partial charge is 0.238 e. The lowest BCUT2D eigenvalue weighted by Gasteiger charge is -1.86. The Bertz CT molecular complexity index is 507. The molecule has 4 N–H and O–H groups in total. The van der Waals surface area contributed by atoms with Crippen molar-refractivity contribution < 1.29 is 8.42 Å². The van der Waals surface area contributed by atoms with Crippen molar-refractivity contribution in [3.05, 3.63) is 47.2 Å². The highest BCUT2D eigenvalue weighted by molar-refractivity contribution is 7.89. The zero-order valence-corrected chi connectivity index (χ0v) is 10.0. The molecule has 16 heavy (non-hydrogen) atoms. The van der Waals surface area contributed by atoms with Crippen LogP contribution >= 0.6 is 11.3 Å². The minimum atomic E-state index is -3.45. The summed E-state index contributed by atoms with van der Waals surface area (Å²) in [5.41, 5.74) is 6.18. The topological polar surface area (TPSA) is 86.2 Å². The lowest BCUT2D eigenvalue weighted by atomic mass is 10.3. The van der Waals surface area contributed by atoms with Crippen LogP contribution in [0.25, 0.3) is 0 Å². The van der Waals surface area contributed by atoms with E-state index in [-0.39, 0.29) is 4.90 Å². The summed E-state index contributed by atoms with van der Waals surface area (Å²) in [5.74, 6) is 0. The molecular weight excluding hydrogens is 244 g/mol. The number of hydrogen-bond donors (Lipinski definition) is 2. The van der Waals surface area contributed by atoms with Crippen molar-refractivity contribution in [2.45, 2.75) is 4.90 Å². The molecule has 0 amide bonds. The maximum atomic E-state index is 10.5. The van der Waals surface area contributed by atoms with E-state index < -0.39 is 10.0 Å². The Labute approximate surface area is 98.6 Å². The summed E-state index contributed by atoms with van der Waals surface area (Å²) >= 11 is 1.31. The quantitative estimate of drug-likeness (QED) is 0.761. The van der Waals surface area contributed by atoms with E-state index in [0.29, 0.717) is 0 Å². The average molecular weight is 256 g/mol. The molecule has 6 heteroatoms. The average Bonchev–Trinajstić information content (AvgIpc) is 2.71. The van der Waals surface area contributed by atoms with Gasteiger partial charge in [0.25, 0.3) is 0 Å². The van der Waals surface area contributed by atoms with Crippen molar-refractivity contribution in [2.24, 2.45) is 5.14 Å². The SMILES string of the molecule is NS(=O)(=O)c1ccsc1.Nc1ccccc1. The van der Waals surface area contributed by atoms with Gasteiger partial charge in [-0.3, -0.25) is 0 Å². The van der Waals surface area contributed by atoms with Gasteiger partial charge in [0.05, 0.1) is 4.90 Å². The Hall–Kier alpha value is -1.37. The van der Waals surface area contributed by atoms with E-state index in [1.165, 1.54) is 22.8 Å². The number of sulfonamides is 1. The van der Waals surface area contributed by atoms with Crippen molar-refractivity contribution in [2.75, 3.05) is 5.73 Å². The second kappa shape index (κ2) is 5.64. The third-order valence-electron chi connectivity index (χ3n) is 1.62. The summed E-state index contributed by atoms with van der Waals surface area (Å²) in [6.07, 6.45) is 0. The van der Waals surface area contributed by atoms with Gasteiger partial charge in [0, 0.05) is 11.1 Å². The molecule has 1 aromatic carbocycles. The van der Waals surface area contributed by atoms with Crippen molar-refractivity contribution >= 4 is 27.0 Å². The second-order valence-corrected chi connectivity index (χ2v) is 5.26. The first kappa shape index (κ1) is 12.7. The first-order chi connectivity index (χ1) is 7.50. The van der Waals surface area contributed by atoms with Crippen LogP contribution in [0.1, 0.15) is 0 Å². The molecule has 86 valence electrons. The molecule has 4 nitrogen and oxygen atoms in total. The first-order valence-electron chi connectivity index (χ1n) is 4.35. The molecule has 0 aliphatic rings. The van der Waals surface area contributed by atoms with Crippen LogP contribution in [-0.4, -0.2) is 8.42 Å². The van der Waals surface area contributed by atoms with E-state index in [9.17, 15) is 8.42 Å². The molecule has 1 aromatic heterocycles. The molecule has 0 saturated heterocycles. The molecule has 0 radical (unpaired) electrons. The van der Waals surface area contributed by atoms with Gasteiger partial charge in [-0.1, -0.05) is 18.2 Å². The second-order valence-electron chi connectivity index (χ2n) is 2.91. The van der Waals surface area contributed by atoms with Gasteiger partial charge in [-0.15, -0.1) is 0 Å². The Kier molecular flexibility index (Phi) is 4.48. The molecule has 2 aromatic rings. The fraction of sp³-hybridized carbons (Fsp3) is 0. The number of benzene rings is 1. The van der Waals surface area contributed by atoms with Crippen molar-refractivity contribution in [3.63, 3.8) is 0 Å². The molecule has 0 atom stereocenters. The maximum Gasteiger partial charge on any atom is 0.238 e. The molecule has 0 aliphatic heterocycles. The van der Waals surface area contributed by atoms with E-state index in [2.05, 4.69) is 0 Å². The maximum absolute atomic E-state index is 10.5. The summed E-state index contributed by atoms with van der Waals surface area (Å²) in [7, 11) is -3.45. The standard InChI is InChI=1S/C6H7N.C4H5NO2S2/c7-6-4-2-1-3-5-6;5-9(6,7)4-1-2-8-3-4/h1-5H,7H2;1-3H,(H2,5,6,7). The van der Waals surface area contributed by atoms with E-state index in [1.807, 2.05) is 30.3 Å². The molecule has 1 heterocycles. The summed E-state index contributed by atoms with van der Waals surface area (Å²) in [6, 6.07) is 11.0. The molecular formula is C10H12N2O2S2. The number of anilines is 1. The zero-order chi connectivity index (χ0) is 12.0. The number of nitrogen functional groups attached to an aromatic ring is 1. The number of para-hydroxylation sites is 1. The third-order valence-corrected chi connectivity index (χ3v) is 3.37. The van der Waals surface area contributed by atoms with Gasteiger partial charge < -0.3 is 5.73 Å². The number of hydrogen-bond acceptors (Lipinski definition) is 4. The summed E-state index contributed by atoms with van der Waals surface area (Å²) in [6.45, 7) is 0. The van der Waals surface area contributed by atoms with Crippen LogP contribution in [-0.2, 0) is 10.0 Å². The van der Waals surface area contributed by atoms with Crippen molar-refractivity contribution in [1.29, 1.82) is 0 Å². The van der Waals surface area contributed by atoms with Gasteiger partial charge in [-0.2, -0.15) is 11.3 Å². The van der Waals surface area contributed by atoms with Gasteiger partial charge in [0.1, 0.15) is 0 Å². The summed E-state index contributed by atoms with van der Waals surface area (Å²) < 4.78 is 21.0. The van der Waals surface area contributed by atoms with Gasteiger partial charge in [0.15, 0.2) is 0 Å². The van der Waals surface area contributed by atoms with Crippen molar-refractivity contribution in [1.82, 2.24) is 0 Å². The van der Waals surface area contributed by atoms with E-state index >= 15 is 0 Å². The summed E-state index contributed by atoms with van der Waals surface area (Å²) in [5, 5.41) is 7.94. The van der Waals surface area contributed by atoms with E-state index in [1.54, 1.807) is 5.38 Å². The van der Waals surface area contributed by atoms with Gasteiger partial charge in [-0.25, -0.2) is 13.6 Å². The normalized spacial score (nSPS) is 10.3. The fourth-order valence-corrected chi connectivity index (χ4v) is 2.43. The van der Waals surface area contributed by atoms with Crippen LogP contribution in [0.2, 0.25) is 0 Å². The van der Waals surface area contributed by atoms with Crippen LogP contribution < -0.4 is 10.9 Å². The summed E-state index contributed by atoms with van der Waals surface area (Å²) in [4.78, 5) is 0.188. The van der Waals surface area contributed by atoms with Crippen LogP contribution in [0.3, 0.4) is 0 Å². The predicted octanol–water partition coefficient (Wildman–Crippen LogP) is 1.66.